The molecule has 2 unspecified atom stereocenters. The van der Waals surface area contributed by atoms with Crippen molar-refractivity contribution >= 4 is 11.9 Å². The van der Waals surface area contributed by atoms with E-state index >= 15 is 0 Å². The lowest BCUT2D eigenvalue weighted by Gasteiger charge is -2.36. The van der Waals surface area contributed by atoms with E-state index in [9.17, 15) is 23.5 Å². The smallest absolute Gasteiger partial charge is 0.339 e. The highest BCUT2D eigenvalue weighted by molar-refractivity contribution is 6.06. The molecule has 0 bridgehead atoms. The Labute approximate surface area is 144 Å². The summed E-state index contributed by atoms with van der Waals surface area (Å²) in [6, 6.07) is 3.11. The molecule has 1 aromatic carbocycles. The van der Waals surface area contributed by atoms with Gasteiger partial charge in [0.25, 0.3) is 0 Å². The number of rotatable bonds is 5. The van der Waals surface area contributed by atoms with Crippen molar-refractivity contribution in [2.75, 3.05) is 20.3 Å². The largest absolute Gasteiger partial charge is 0.464 e. The van der Waals surface area contributed by atoms with Gasteiger partial charge >= 0.3 is 11.9 Å². The van der Waals surface area contributed by atoms with Crippen LogP contribution in [-0.4, -0.2) is 54.0 Å². The monoisotopic (exact) mass is 357 g/mol. The summed E-state index contributed by atoms with van der Waals surface area (Å²) in [6.45, 7) is 3.17. The van der Waals surface area contributed by atoms with E-state index in [4.69, 9.17) is 9.47 Å². The van der Waals surface area contributed by atoms with E-state index in [0.717, 1.165) is 17.0 Å². The standard InChI is InChI=1S/C17H21F2NO5/c1-4-24-15(22)17(16(23)25-5-2)11(9-14(21)20(17)3)10-6-7-12(18)13(19)8-10/h6-8,11,14,21H,4-5,9H2,1-3H3. The van der Waals surface area contributed by atoms with Crippen molar-refractivity contribution in [2.24, 2.45) is 0 Å². The molecular weight excluding hydrogens is 336 g/mol. The fourth-order valence-electron chi connectivity index (χ4n) is 3.26. The molecule has 1 aliphatic heterocycles. The number of carbonyl (C=O) groups excluding carboxylic acids is 2. The number of likely N-dealkylation sites (N-methyl/N-ethyl adjacent to an activating group) is 1. The Kier molecular flexibility index (Phi) is 5.74. The van der Waals surface area contributed by atoms with Crippen LogP contribution in [0.1, 0.15) is 31.7 Å². The first-order valence-corrected chi connectivity index (χ1v) is 8.01. The molecule has 25 heavy (non-hydrogen) atoms. The van der Waals surface area contributed by atoms with Gasteiger partial charge in [-0.25, -0.2) is 18.4 Å². The minimum atomic E-state index is -1.98. The second kappa shape index (κ2) is 7.45. The van der Waals surface area contributed by atoms with Crippen LogP contribution in [0.25, 0.3) is 0 Å². The number of ether oxygens (including phenoxy) is 2. The fraction of sp³-hybridized carbons (Fsp3) is 0.529. The number of carbonyl (C=O) groups is 2. The molecule has 1 aromatic rings. The quantitative estimate of drug-likeness (QED) is 0.637. The van der Waals surface area contributed by atoms with Crippen molar-refractivity contribution in [3.05, 3.63) is 35.4 Å². The highest BCUT2D eigenvalue weighted by Gasteiger charge is 2.64. The first kappa shape index (κ1) is 19.3. The number of hydrogen-bond acceptors (Lipinski definition) is 6. The minimum Gasteiger partial charge on any atom is -0.464 e. The summed E-state index contributed by atoms with van der Waals surface area (Å²) in [7, 11) is 1.39. The van der Waals surface area contributed by atoms with E-state index in [2.05, 4.69) is 0 Å². The average Bonchev–Trinajstić information content (AvgIpc) is 2.83. The van der Waals surface area contributed by atoms with Crippen LogP contribution in [0.5, 0.6) is 0 Å². The molecule has 1 heterocycles. The van der Waals surface area contributed by atoms with Gasteiger partial charge in [-0.05, 0) is 45.0 Å². The highest BCUT2D eigenvalue weighted by Crippen LogP contribution is 2.46. The van der Waals surface area contributed by atoms with Crippen LogP contribution in [0.4, 0.5) is 8.78 Å². The van der Waals surface area contributed by atoms with E-state index in [1.54, 1.807) is 13.8 Å². The fourth-order valence-corrected chi connectivity index (χ4v) is 3.26. The number of aliphatic hydroxyl groups excluding tert-OH is 1. The zero-order valence-electron chi connectivity index (χ0n) is 14.3. The van der Waals surface area contributed by atoms with Gasteiger partial charge in [-0.1, -0.05) is 6.07 Å². The lowest BCUT2D eigenvalue weighted by atomic mass is 9.79. The van der Waals surface area contributed by atoms with Gasteiger partial charge < -0.3 is 14.6 Å². The molecule has 0 spiro atoms. The zero-order chi connectivity index (χ0) is 18.8. The number of aliphatic hydroxyl groups is 1. The van der Waals surface area contributed by atoms with Crippen LogP contribution in [0.2, 0.25) is 0 Å². The van der Waals surface area contributed by atoms with E-state index in [1.165, 1.54) is 13.1 Å². The van der Waals surface area contributed by atoms with Gasteiger partial charge in [0.15, 0.2) is 11.6 Å². The summed E-state index contributed by atoms with van der Waals surface area (Å²) in [5, 5.41) is 10.3. The second-order valence-corrected chi connectivity index (χ2v) is 5.76. The summed E-state index contributed by atoms with van der Waals surface area (Å²) in [6.07, 6.45) is -1.20. The Hall–Kier alpha value is -2.06. The average molecular weight is 357 g/mol. The maximum absolute atomic E-state index is 13.7. The highest BCUT2D eigenvalue weighted by atomic mass is 19.2. The molecule has 138 valence electrons. The van der Waals surface area contributed by atoms with E-state index in [0.29, 0.717) is 0 Å². The summed E-state index contributed by atoms with van der Waals surface area (Å²) < 4.78 is 37.1. The molecule has 1 fully saturated rings. The van der Waals surface area contributed by atoms with E-state index < -0.39 is 41.3 Å². The predicted molar refractivity (Wildman–Crippen MR) is 83.5 cm³/mol. The predicted octanol–water partition coefficient (Wildman–Crippen LogP) is 1.57. The Bertz CT molecular complexity index is 648. The van der Waals surface area contributed by atoms with Crippen molar-refractivity contribution < 1.29 is 33.0 Å². The van der Waals surface area contributed by atoms with Crippen molar-refractivity contribution in [2.45, 2.75) is 38.0 Å². The van der Waals surface area contributed by atoms with Crippen molar-refractivity contribution in [1.29, 1.82) is 0 Å². The molecular formula is C17H21F2NO5. The van der Waals surface area contributed by atoms with Crippen molar-refractivity contribution in [3.8, 4) is 0 Å². The van der Waals surface area contributed by atoms with Crippen LogP contribution in [0.15, 0.2) is 18.2 Å². The SMILES string of the molecule is CCOC(=O)C1(C(=O)OCC)C(c2ccc(F)c(F)c2)CC(O)N1C. The minimum absolute atomic E-state index is 0.00836. The van der Waals surface area contributed by atoms with Crippen molar-refractivity contribution in [1.82, 2.24) is 4.90 Å². The summed E-state index contributed by atoms with van der Waals surface area (Å²) in [5.41, 5.74) is -1.78. The molecule has 0 saturated carbocycles. The molecule has 0 radical (unpaired) electrons. The van der Waals surface area contributed by atoms with E-state index in [-0.39, 0.29) is 25.2 Å². The van der Waals surface area contributed by atoms with Gasteiger partial charge in [-0.3, -0.25) is 4.90 Å². The van der Waals surface area contributed by atoms with Crippen LogP contribution in [-0.2, 0) is 19.1 Å². The molecule has 1 N–H and O–H groups in total. The zero-order valence-corrected chi connectivity index (χ0v) is 14.3. The van der Waals surface area contributed by atoms with Gasteiger partial charge in [0.05, 0.1) is 13.2 Å². The van der Waals surface area contributed by atoms with Crippen LogP contribution in [0, 0.1) is 11.6 Å². The molecule has 0 aliphatic carbocycles. The molecule has 8 heteroatoms. The Morgan fingerprint density at radius 3 is 2.24 bits per heavy atom. The molecule has 6 nitrogen and oxygen atoms in total. The summed E-state index contributed by atoms with van der Waals surface area (Å²) >= 11 is 0. The van der Waals surface area contributed by atoms with Gasteiger partial charge in [-0.15, -0.1) is 0 Å². The maximum atomic E-state index is 13.7. The van der Waals surface area contributed by atoms with Gasteiger partial charge in [-0.2, -0.15) is 0 Å². The number of likely N-dealkylation sites (tertiary alicyclic amines) is 1. The molecule has 0 amide bonds. The number of benzene rings is 1. The van der Waals surface area contributed by atoms with Crippen LogP contribution in [0.3, 0.4) is 0 Å². The Morgan fingerprint density at radius 1 is 1.20 bits per heavy atom. The van der Waals surface area contributed by atoms with Gasteiger partial charge in [0, 0.05) is 5.92 Å². The maximum Gasteiger partial charge on any atom is 0.339 e. The number of halogens is 2. The third-order valence-corrected chi connectivity index (χ3v) is 4.47. The Morgan fingerprint density at radius 2 is 1.76 bits per heavy atom. The summed E-state index contributed by atoms with van der Waals surface area (Å²) in [4.78, 5) is 26.6. The molecule has 0 aromatic heterocycles. The first-order chi connectivity index (χ1) is 11.8. The number of hydrogen-bond donors (Lipinski definition) is 1. The third-order valence-electron chi connectivity index (χ3n) is 4.47. The van der Waals surface area contributed by atoms with E-state index in [1.807, 2.05) is 0 Å². The van der Waals surface area contributed by atoms with Crippen molar-refractivity contribution in [3.63, 3.8) is 0 Å². The first-order valence-electron chi connectivity index (χ1n) is 8.01. The number of esters is 2. The molecule has 1 aliphatic rings. The van der Waals surface area contributed by atoms with Gasteiger partial charge in [0.1, 0.15) is 6.23 Å². The topological polar surface area (TPSA) is 76.1 Å². The molecule has 1 saturated heterocycles. The van der Waals surface area contributed by atoms with Crippen LogP contribution < -0.4 is 0 Å². The normalized spacial score (nSPS) is 22.6. The summed E-state index contributed by atoms with van der Waals surface area (Å²) in [5.74, 6) is -4.91. The second-order valence-electron chi connectivity index (χ2n) is 5.76. The lowest BCUT2D eigenvalue weighted by molar-refractivity contribution is -0.176. The molecule has 2 atom stereocenters. The number of nitrogens with zero attached hydrogens (tertiary/aromatic N) is 1. The third kappa shape index (κ3) is 3.11. The van der Waals surface area contributed by atoms with Crippen LogP contribution >= 0.6 is 0 Å². The van der Waals surface area contributed by atoms with Gasteiger partial charge in [0.2, 0.25) is 5.54 Å². The Balaban J connectivity index is 2.62. The lowest BCUT2D eigenvalue weighted by Crippen LogP contribution is -2.60. The molecule has 2 rings (SSSR count).